The van der Waals surface area contributed by atoms with Crippen LogP contribution in [0.2, 0.25) is 0 Å². The van der Waals surface area contributed by atoms with Gasteiger partial charge in [0.05, 0.1) is 11.7 Å². The van der Waals surface area contributed by atoms with Crippen molar-refractivity contribution >= 4 is 41.0 Å². The summed E-state index contributed by atoms with van der Waals surface area (Å²) < 4.78 is 0. The quantitative estimate of drug-likeness (QED) is 0.446. The molecule has 160 valence electrons. The standard InChI is InChI=1S/C24H26N4O2S/c1-17-7-9-20(10-8-17)28-23(30)21(22(29)26-24(28)31)15-25-19-11-13-27(14-12-19)16-18-5-3-2-4-6-18/h2-10,15,19,21H,11-14,16H2,1H3,(H,26,29,31)/t21-/m1/s1. The Morgan fingerprint density at radius 3 is 2.42 bits per heavy atom. The molecule has 0 bridgehead atoms. The summed E-state index contributed by atoms with van der Waals surface area (Å²) >= 11 is 5.25. The first-order chi connectivity index (χ1) is 15.0. The van der Waals surface area contributed by atoms with Gasteiger partial charge in [-0.05, 0) is 49.7 Å². The Hall–Kier alpha value is -2.90. The van der Waals surface area contributed by atoms with Gasteiger partial charge in [0, 0.05) is 25.8 Å². The number of hydrogen-bond acceptors (Lipinski definition) is 5. The topological polar surface area (TPSA) is 65.0 Å². The average molecular weight is 435 g/mol. The Balaban J connectivity index is 1.37. The van der Waals surface area contributed by atoms with E-state index < -0.39 is 11.8 Å². The van der Waals surface area contributed by atoms with Crippen molar-refractivity contribution in [2.75, 3.05) is 18.0 Å². The van der Waals surface area contributed by atoms with Crippen LogP contribution in [-0.2, 0) is 16.1 Å². The first kappa shape index (κ1) is 21.3. The number of nitrogens with one attached hydrogen (secondary N) is 1. The minimum Gasteiger partial charge on any atom is -0.301 e. The summed E-state index contributed by atoms with van der Waals surface area (Å²) in [5.41, 5.74) is 3.04. The zero-order chi connectivity index (χ0) is 21.8. The highest BCUT2D eigenvalue weighted by atomic mass is 32.1. The van der Waals surface area contributed by atoms with E-state index in [0.717, 1.165) is 38.0 Å². The zero-order valence-corrected chi connectivity index (χ0v) is 18.3. The maximum Gasteiger partial charge on any atom is 0.251 e. The van der Waals surface area contributed by atoms with E-state index in [2.05, 4.69) is 39.5 Å². The van der Waals surface area contributed by atoms with E-state index in [0.29, 0.717) is 5.69 Å². The number of piperidine rings is 1. The second-order valence-corrected chi connectivity index (χ2v) is 8.46. The predicted octanol–water partition coefficient (Wildman–Crippen LogP) is 3.09. The maximum atomic E-state index is 13.0. The third kappa shape index (κ3) is 5.06. The molecule has 2 saturated heterocycles. The maximum absolute atomic E-state index is 13.0. The summed E-state index contributed by atoms with van der Waals surface area (Å²) in [6.07, 6.45) is 3.33. The fourth-order valence-electron chi connectivity index (χ4n) is 3.94. The van der Waals surface area contributed by atoms with E-state index in [9.17, 15) is 9.59 Å². The summed E-state index contributed by atoms with van der Waals surface area (Å²) in [6.45, 7) is 4.80. The molecule has 2 aromatic carbocycles. The van der Waals surface area contributed by atoms with Crippen molar-refractivity contribution in [3.05, 3.63) is 65.7 Å². The second kappa shape index (κ2) is 9.49. The molecule has 0 aliphatic carbocycles. The van der Waals surface area contributed by atoms with Crippen molar-refractivity contribution in [1.82, 2.24) is 10.2 Å². The number of aryl methyl sites for hydroxylation is 1. The molecule has 2 amide bonds. The normalized spacial score (nSPS) is 21.0. The number of carbonyl (C=O) groups excluding carboxylic acids is 2. The van der Waals surface area contributed by atoms with Gasteiger partial charge in [-0.2, -0.15) is 0 Å². The molecule has 2 heterocycles. The molecule has 2 aromatic rings. The molecule has 4 rings (SSSR count). The molecule has 2 aliphatic rings. The van der Waals surface area contributed by atoms with Gasteiger partial charge in [-0.25, -0.2) is 0 Å². The van der Waals surface area contributed by atoms with Crippen LogP contribution in [0.3, 0.4) is 0 Å². The largest absolute Gasteiger partial charge is 0.301 e. The second-order valence-electron chi connectivity index (χ2n) is 8.07. The summed E-state index contributed by atoms with van der Waals surface area (Å²) in [5, 5.41) is 2.75. The van der Waals surface area contributed by atoms with Gasteiger partial charge >= 0.3 is 0 Å². The SMILES string of the molecule is Cc1ccc(N2C(=O)[C@H](C=NC3CCN(Cc4ccccc4)CC3)C(=O)NC2=S)cc1. The highest BCUT2D eigenvalue weighted by molar-refractivity contribution is 7.80. The Morgan fingerprint density at radius 2 is 1.74 bits per heavy atom. The van der Waals surface area contributed by atoms with Crippen LogP contribution in [0.1, 0.15) is 24.0 Å². The van der Waals surface area contributed by atoms with E-state index in [1.54, 1.807) is 0 Å². The van der Waals surface area contributed by atoms with Crippen LogP contribution in [0.25, 0.3) is 0 Å². The molecule has 2 fully saturated rings. The molecule has 0 unspecified atom stereocenters. The monoisotopic (exact) mass is 434 g/mol. The molecule has 1 N–H and O–H groups in total. The molecule has 0 spiro atoms. The molecule has 7 heteroatoms. The van der Waals surface area contributed by atoms with Crippen LogP contribution in [0.5, 0.6) is 0 Å². The lowest BCUT2D eigenvalue weighted by molar-refractivity contribution is -0.130. The van der Waals surface area contributed by atoms with Gasteiger partial charge in [0.25, 0.3) is 5.91 Å². The molecule has 2 aliphatic heterocycles. The highest BCUT2D eigenvalue weighted by Gasteiger charge is 2.38. The summed E-state index contributed by atoms with van der Waals surface area (Å²) in [5.74, 6) is -1.73. The first-order valence-electron chi connectivity index (χ1n) is 10.6. The van der Waals surface area contributed by atoms with Crippen molar-refractivity contribution in [2.45, 2.75) is 32.4 Å². The molecule has 0 saturated carbocycles. The van der Waals surface area contributed by atoms with Crippen LogP contribution in [0.15, 0.2) is 59.6 Å². The number of anilines is 1. The predicted molar refractivity (Wildman–Crippen MR) is 126 cm³/mol. The van der Waals surface area contributed by atoms with Gasteiger partial charge in [-0.1, -0.05) is 48.0 Å². The number of nitrogens with zero attached hydrogens (tertiary/aromatic N) is 3. The van der Waals surface area contributed by atoms with Crippen molar-refractivity contribution < 1.29 is 9.59 Å². The summed E-state index contributed by atoms with van der Waals surface area (Å²) in [4.78, 5) is 33.9. The lowest BCUT2D eigenvalue weighted by atomic mass is 10.0. The van der Waals surface area contributed by atoms with E-state index in [1.165, 1.54) is 16.7 Å². The number of amides is 2. The van der Waals surface area contributed by atoms with Crippen LogP contribution in [0.4, 0.5) is 5.69 Å². The third-order valence-corrected chi connectivity index (χ3v) is 6.03. The van der Waals surface area contributed by atoms with Crippen molar-refractivity contribution in [2.24, 2.45) is 10.9 Å². The number of hydrogen-bond donors (Lipinski definition) is 1. The fourth-order valence-corrected chi connectivity index (χ4v) is 4.23. The highest BCUT2D eigenvalue weighted by Crippen LogP contribution is 2.22. The summed E-state index contributed by atoms with van der Waals surface area (Å²) in [7, 11) is 0. The molecule has 0 aromatic heterocycles. The van der Waals surface area contributed by atoms with Gasteiger partial charge < -0.3 is 5.32 Å². The molecular weight excluding hydrogens is 408 g/mol. The van der Waals surface area contributed by atoms with Crippen LogP contribution in [0, 0.1) is 12.8 Å². The Labute approximate surface area is 188 Å². The Morgan fingerprint density at radius 1 is 1.06 bits per heavy atom. The van der Waals surface area contributed by atoms with Gasteiger partial charge in [-0.15, -0.1) is 0 Å². The minimum atomic E-state index is -0.963. The van der Waals surface area contributed by atoms with E-state index in [1.807, 2.05) is 37.3 Å². The van der Waals surface area contributed by atoms with Crippen molar-refractivity contribution in [1.29, 1.82) is 0 Å². The number of benzene rings is 2. The van der Waals surface area contributed by atoms with E-state index >= 15 is 0 Å². The van der Waals surface area contributed by atoms with Crippen molar-refractivity contribution in [3.8, 4) is 0 Å². The van der Waals surface area contributed by atoms with Gasteiger partial charge in [-0.3, -0.25) is 24.4 Å². The number of aliphatic imine (C=N–C) groups is 1. The van der Waals surface area contributed by atoms with Crippen molar-refractivity contribution in [3.63, 3.8) is 0 Å². The van der Waals surface area contributed by atoms with Crippen LogP contribution in [-0.4, -0.2) is 47.2 Å². The number of likely N-dealkylation sites (tertiary alicyclic amines) is 1. The van der Waals surface area contributed by atoms with E-state index in [4.69, 9.17) is 12.2 Å². The van der Waals surface area contributed by atoms with Gasteiger partial charge in [0.1, 0.15) is 0 Å². The van der Waals surface area contributed by atoms with Crippen LogP contribution < -0.4 is 10.2 Å². The van der Waals surface area contributed by atoms with Crippen LogP contribution >= 0.6 is 12.2 Å². The first-order valence-corrected chi connectivity index (χ1v) is 11.0. The van der Waals surface area contributed by atoms with E-state index in [-0.39, 0.29) is 17.1 Å². The molecular formula is C24H26N4O2S. The third-order valence-electron chi connectivity index (χ3n) is 5.75. The number of rotatable bonds is 5. The lowest BCUT2D eigenvalue weighted by Crippen LogP contribution is -2.58. The summed E-state index contributed by atoms with van der Waals surface area (Å²) in [6, 6.07) is 18.0. The minimum absolute atomic E-state index is 0.109. The molecule has 1 atom stereocenters. The Bertz CT molecular complexity index is 982. The smallest absolute Gasteiger partial charge is 0.251 e. The fraction of sp³-hybridized carbons (Fsp3) is 0.333. The Kier molecular flexibility index (Phi) is 6.53. The molecule has 6 nitrogen and oxygen atoms in total. The average Bonchev–Trinajstić information content (AvgIpc) is 2.76. The zero-order valence-electron chi connectivity index (χ0n) is 17.5. The van der Waals surface area contributed by atoms with Gasteiger partial charge in [0.15, 0.2) is 11.0 Å². The lowest BCUT2D eigenvalue weighted by Gasteiger charge is -2.32. The number of thiocarbonyl (C=S) groups is 1. The molecule has 0 radical (unpaired) electrons. The molecule has 31 heavy (non-hydrogen) atoms. The van der Waals surface area contributed by atoms with Gasteiger partial charge in [0.2, 0.25) is 5.91 Å². The number of carbonyl (C=O) groups is 2.